The van der Waals surface area contributed by atoms with E-state index >= 15 is 0 Å². The summed E-state index contributed by atoms with van der Waals surface area (Å²) in [5.74, 6) is 1.45. The second-order valence-electron chi connectivity index (χ2n) is 10.6. The fraction of sp³-hybridized carbons (Fsp3) is 0.448. The molecule has 0 spiro atoms. The van der Waals surface area contributed by atoms with E-state index in [-0.39, 0.29) is 11.6 Å². The van der Waals surface area contributed by atoms with Gasteiger partial charge in [-0.25, -0.2) is 4.68 Å². The van der Waals surface area contributed by atoms with E-state index in [0.717, 1.165) is 73.0 Å². The summed E-state index contributed by atoms with van der Waals surface area (Å²) in [5.41, 5.74) is 4.07. The standard InChI is InChI=1S/C29H34N6O/c1-20-8-7-11-23-19-25(29(36)30-26(20)23)27(28-31-32-33-35(28)24-12-5-6-13-24)34-16-14-22(15-17-34)18-21-9-3-2-4-10-21/h2-4,7-11,19,22,24,27H,5-6,12-18H2,1H3,(H,30,36). The highest BCUT2D eigenvalue weighted by Gasteiger charge is 2.35. The van der Waals surface area contributed by atoms with Crippen molar-refractivity contribution in [2.45, 2.75) is 64.0 Å². The summed E-state index contributed by atoms with van der Waals surface area (Å²) in [5, 5.41) is 14.1. The van der Waals surface area contributed by atoms with Crippen molar-refractivity contribution < 1.29 is 0 Å². The van der Waals surface area contributed by atoms with E-state index in [4.69, 9.17) is 0 Å². The van der Waals surface area contributed by atoms with Gasteiger partial charge in [-0.3, -0.25) is 9.69 Å². The number of rotatable bonds is 6. The van der Waals surface area contributed by atoms with Crippen molar-refractivity contribution >= 4 is 10.9 Å². The van der Waals surface area contributed by atoms with Crippen LogP contribution in [0.5, 0.6) is 0 Å². The van der Waals surface area contributed by atoms with Gasteiger partial charge in [0.2, 0.25) is 0 Å². The summed E-state index contributed by atoms with van der Waals surface area (Å²) < 4.78 is 2.02. The number of fused-ring (bicyclic) bond motifs is 1. The number of benzene rings is 2. The number of aryl methyl sites for hydroxylation is 1. The van der Waals surface area contributed by atoms with Gasteiger partial charge >= 0.3 is 0 Å². The Morgan fingerprint density at radius 2 is 1.78 bits per heavy atom. The van der Waals surface area contributed by atoms with Gasteiger partial charge in [-0.2, -0.15) is 0 Å². The van der Waals surface area contributed by atoms with E-state index in [1.807, 2.05) is 23.7 Å². The quantitative estimate of drug-likeness (QED) is 0.419. The lowest BCUT2D eigenvalue weighted by molar-refractivity contribution is 0.141. The number of nitrogens with zero attached hydrogens (tertiary/aromatic N) is 5. The number of aromatic amines is 1. The van der Waals surface area contributed by atoms with Crippen LogP contribution in [0.2, 0.25) is 0 Å². The van der Waals surface area contributed by atoms with Crippen LogP contribution in [0.15, 0.2) is 59.4 Å². The van der Waals surface area contributed by atoms with Gasteiger partial charge in [-0.1, -0.05) is 61.4 Å². The van der Waals surface area contributed by atoms with Crippen LogP contribution >= 0.6 is 0 Å². The molecule has 4 aromatic rings. The van der Waals surface area contributed by atoms with Gasteiger partial charge in [0.15, 0.2) is 5.82 Å². The van der Waals surface area contributed by atoms with Crippen molar-refractivity contribution in [2.24, 2.45) is 5.92 Å². The second kappa shape index (κ2) is 9.97. The van der Waals surface area contributed by atoms with Gasteiger partial charge in [-0.15, -0.1) is 5.10 Å². The normalized spacial score (nSPS) is 18.7. The Labute approximate surface area is 211 Å². The molecule has 1 unspecified atom stereocenters. The van der Waals surface area contributed by atoms with Crippen LogP contribution in [0.3, 0.4) is 0 Å². The highest BCUT2D eigenvalue weighted by atomic mass is 16.1. The number of hydrogen-bond acceptors (Lipinski definition) is 5. The van der Waals surface area contributed by atoms with Crippen LogP contribution in [0.4, 0.5) is 0 Å². The Bertz CT molecular complexity index is 1380. The summed E-state index contributed by atoms with van der Waals surface area (Å²) in [7, 11) is 0. The molecular weight excluding hydrogens is 448 g/mol. The molecule has 2 aromatic carbocycles. The molecule has 1 saturated heterocycles. The van der Waals surface area contributed by atoms with Crippen LogP contribution in [-0.4, -0.2) is 43.2 Å². The maximum Gasteiger partial charge on any atom is 0.253 e. The fourth-order valence-electron chi connectivity index (χ4n) is 6.25. The van der Waals surface area contributed by atoms with Crippen molar-refractivity contribution in [3.63, 3.8) is 0 Å². The molecule has 2 fully saturated rings. The number of likely N-dealkylation sites (tertiary alicyclic amines) is 1. The van der Waals surface area contributed by atoms with Crippen molar-refractivity contribution in [3.05, 3.63) is 87.5 Å². The summed E-state index contributed by atoms with van der Waals surface area (Å²) in [6.07, 6.45) is 7.90. The first-order chi connectivity index (χ1) is 17.7. The van der Waals surface area contributed by atoms with E-state index in [1.54, 1.807) is 0 Å². The van der Waals surface area contributed by atoms with Crippen molar-refractivity contribution in [3.8, 4) is 0 Å². The average molecular weight is 483 g/mol. The Morgan fingerprint density at radius 3 is 2.56 bits per heavy atom. The first-order valence-corrected chi connectivity index (χ1v) is 13.4. The first kappa shape index (κ1) is 23.1. The molecule has 7 heteroatoms. The summed E-state index contributed by atoms with van der Waals surface area (Å²) >= 11 is 0. The highest BCUT2D eigenvalue weighted by Crippen LogP contribution is 2.36. The third kappa shape index (κ3) is 4.48. The number of aromatic nitrogens is 5. The van der Waals surface area contributed by atoms with Gasteiger partial charge in [0.1, 0.15) is 6.04 Å². The number of H-pyrrole nitrogens is 1. The predicted octanol–water partition coefficient (Wildman–Crippen LogP) is 4.98. The maximum atomic E-state index is 13.5. The number of tetrazole rings is 1. The SMILES string of the molecule is Cc1cccc2cc(C(c3nnnn3C3CCCC3)N3CCC(Cc4ccccc4)CC3)c(=O)[nH]c12. The van der Waals surface area contributed by atoms with Crippen LogP contribution in [0.25, 0.3) is 10.9 Å². The van der Waals surface area contributed by atoms with Gasteiger partial charge in [0.05, 0.1) is 11.6 Å². The molecule has 6 rings (SSSR count). The molecule has 2 aliphatic rings. The minimum Gasteiger partial charge on any atom is -0.321 e. The third-order valence-electron chi connectivity index (χ3n) is 8.23. The number of para-hydroxylation sites is 1. The molecule has 1 saturated carbocycles. The van der Waals surface area contributed by atoms with Gasteiger partial charge in [0.25, 0.3) is 5.56 Å². The highest BCUT2D eigenvalue weighted by molar-refractivity contribution is 5.82. The van der Waals surface area contributed by atoms with Gasteiger partial charge < -0.3 is 4.98 Å². The minimum atomic E-state index is -0.257. The predicted molar refractivity (Wildman–Crippen MR) is 141 cm³/mol. The van der Waals surface area contributed by atoms with Gasteiger partial charge in [0, 0.05) is 5.56 Å². The minimum absolute atomic E-state index is 0.0471. The molecular formula is C29H34N6O. The molecule has 1 aliphatic carbocycles. The van der Waals surface area contributed by atoms with Crippen LogP contribution in [0.1, 0.15) is 73.1 Å². The van der Waals surface area contributed by atoms with E-state index in [2.05, 4.69) is 67.9 Å². The van der Waals surface area contributed by atoms with E-state index in [0.29, 0.717) is 12.0 Å². The Kier molecular flexibility index (Phi) is 6.40. The molecule has 2 aromatic heterocycles. The lowest BCUT2D eigenvalue weighted by Gasteiger charge is -2.37. The van der Waals surface area contributed by atoms with E-state index < -0.39 is 0 Å². The zero-order valence-corrected chi connectivity index (χ0v) is 20.9. The Balaban J connectivity index is 1.35. The van der Waals surface area contributed by atoms with E-state index in [9.17, 15) is 4.79 Å². The summed E-state index contributed by atoms with van der Waals surface area (Å²) in [6.45, 7) is 3.88. The topological polar surface area (TPSA) is 79.7 Å². The Morgan fingerprint density at radius 1 is 1.00 bits per heavy atom. The molecule has 1 aliphatic heterocycles. The molecule has 186 valence electrons. The number of hydrogen-bond donors (Lipinski definition) is 1. The summed E-state index contributed by atoms with van der Waals surface area (Å²) in [4.78, 5) is 19.2. The fourth-order valence-corrected chi connectivity index (χ4v) is 6.25. The monoisotopic (exact) mass is 482 g/mol. The largest absolute Gasteiger partial charge is 0.321 e. The Hall–Kier alpha value is -3.32. The molecule has 3 heterocycles. The molecule has 36 heavy (non-hydrogen) atoms. The lowest BCUT2D eigenvalue weighted by atomic mass is 9.89. The van der Waals surface area contributed by atoms with Crippen LogP contribution < -0.4 is 5.56 Å². The van der Waals surface area contributed by atoms with Crippen LogP contribution in [-0.2, 0) is 6.42 Å². The zero-order valence-electron chi connectivity index (χ0n) is 20.9. The molecule has 1 N–H and O–H groups in total. The molecule has 1 atom stereocenters. The molecule has 0 bridgehead atoms. The number of piperidine rings is 1. The first-order valence-electron chi connectivity index (χ1n) is 13.4. The molecule has 7 nitrogen and oxygen atoms in total. The van der Waals surface area contributed by atoms with Gasteiger partial charge in [-0.05, 0) is 91.0 Å². The smallest absolute Gasteiger partial charge is 0.253 e. The summed E-state index contributed by atoms with van der Waals surface area (Å²) in [6, 6.07) is 19.0. The zero-order chi connectivity index (χ0) is 24.5. The molecule has 0 radical (unpaired) electrons. The van der Waals surface area contributed by atoms with Crippen LogP contribution in [0, 0.1) is 12.8 Å². The van der Waals surface area contributed by atoms with Crippen molar-refractivity contribution in [2.75, 3.05) is 13.1 Å². The average Bonchev–Trinajstić information content (AvgIpc) is 3.59. The third-order valence-corrected chi connectivity index (χ3v) is 8.23. The maximum absolute atomic E-state index is 13.5. The number of pyridine rings is 1. The second-order valence-corrected chi connectivity index (χ2v) is 10.6. The van der Waals surface area contributed by atoms with E-state index in [1.165, 1.54) is 18.4 Å². The number of nitrogens with one attached hydrogen (secondary N) is 1. The van der Waals surface area contributed by atoms with Crippen molar-refractivity contribution in [1.82, 2.24) is 30.1 Å². The molecule has 0 amide bonds. The van der Waals surface area contributed by atoms with Crippen molar-refractivity contribution in [1.29, 1.82) is 0 Å². The lowest BCUT2D eigenvalue weighted by Crippen LogP contribution is -2.41.